The Morgan fingerprint density at radius 2 is 1.76 bits per heavy atom. The van der Waals surface area contributed by atoms with Crippen molar-refractivity contribution in [3.8, 4) is 0 Å². The van der Waals surface area contributed by atoms with Crippen LogP contribution in [0, 0.1) is 0 Å². The quantitative estimate of drug-likeness (QED) is 0.688. The SMILES string of the molecule is O=C(c1ccco1)N1Cc2ccccc2N2CCN(Cc3ccccc3)CC2C1. The van der Waals surface area contributed by atoms with Crippen molar-refractivity contribution in [2.75, 3.05) is 31.1 Å². The van der Waals surface area contributed by atoms with Gasteiger partial charge in [0.2, 0.25) is 0 Å². The second kappa shape index (κ2) is 7.76. The van der Waals surface area contributed by atoms with Crippen molar-refractivity contribution in [3.63, 3.8) is 0 Å². The largest absolute Gasteiger partial charge is 0.459 e. The van der Waals surface area contributed by atoms with Crippen LogP contribution in [0.1, 0.15) is 21.7 Å². The minimum absolute atomic E-state index is 0.0353. The molecule has 29 heavy (non-hydrogen) atoms. The first-order chi connectivity index (χ1) is 14.3. The summed E-state index contributed by atoms with van der Waals surface area (Å²) in [7, 11) is 0. The van der Waals surface area contributed by atoms with E-state index in [4.69, 9.17) is 4.42 Å². The highest BCUT2D eigenvalue weighted by atomic mass is 16.3. The number of amides is 1. The monoisotopic (exact) mass is 387 g/mol. The third kappa shape index (κ3) is 3.66. The number of anilines is 1. The van der Waals surface area contributed by atoms with Gasteiger partial charge in [0.05, 0.1) is 12.3 Å². The van der Waals surface area contributed by atoms with Gasteiger partial charge in [0.25, 0.3) is 5.91 Å². The first-order valence-corrected chi connectivity index (χ1v) is 10.2. The van der Waals surface area contributed by atoms with Crippen LogP contribution in [0.2, 0.25) is 0 Å². The zero-order chi connectivity index (χ0) is 19.6. The molecule has 5 heteroatoms. The number of hydrogen-bond acceptors (Lipinski definition) is 4. The lowest BCUT2D eigenvalue weighted by Crippen LogP contribution is -2.56. The number of fused-ring (bicyclic) bond motifs is 3. The number of piperazine rings is 1. The minimum Gasteiger partial charge on any atom is -0.459 e. The second-order valence-electron chi connectivity index (χ2n) is 7.86. The van der Waals surface area contributed by atoms with Gasteiger partial charge < -0.3 is 14.2 Å². The maximum Gasteiger partial charge on any atom is 0.289 e. The number of rotatable bonds is 3. The summed E-state index contributed by atoms with van der Waals surface area (Å²) in [5, 5.41) is 0. The first kappa shape index (κ1) is 18.0. The van der Waals surface area contributed by atoms with Crippen molar-refractivity contribution in [1.82, 2.24) is 9.80 Å². The molecule has 148 valence electrons. The molecule has 0 radical (unpaired) electrons. The molecule has 5 nitrogen and oxygen atoms in total. The molecule has 1 fully saturated rings. The summed E-state index contributed by atoms with van der Waals surface area (Å²) in [5.74, 6) is 0.375. The van der Waals surface area contributed by atoms with Gasteiger partial charge in [-0.15, -0.1) is 0 Å². The highest BCUT2D eigenvalue weighted by molar-refractivity contribution is 5.91. The third-order valence-electron chi connectivity index (χ3n) is 5.93. The lowest BCUT2D eigenvalue weighted by atomic mass is 10.1. The number of para-hydroxylation sites is 1. The second-order valence-corrected chi connectivity index (χ2v) is 7.86. The van der Waals surface area contributed by atoms with E-state index >= 15 is 0 Å². The predicted molar refractivity (Wildman–Crippen MR) is 113 cm³/mol. The Bertz CT molecular complexity index is 971. The van der Waals surface area contributed by atoms with Crippen LogP contribution in [-0.4, -0.2) is 47.9 Å². The molecule has 1 aromatic heterocycles. The van der Waals surface area contributed by atoms with E-state index in [9.17, 15) is 4.79 Å². The molecule has 1 amide bonds. The van der Waals surface area contributed by atoms with Crippen LogP contribution in [0.4, 0.5) is 5.69 Å². The molecule has 3 heterocycles. The van der Waals surface area contributed by atoms with Crippen molar-refractivity contribution < 1.29 is 9.21 Å². The summed E-state index contributed by atoms with van der Waals surface area (Å²) in [6.07, 6.45) is 1.56. The Hall–Kier alpha value is -3.05. The van der Waals surface area contributed by atoms with Crippen molar-refractivity contribution in [2.24, 2.45) is 0 Å². The number of carbonyl (C=O) groups is 1. The van der Waals surface area contributed by atoms with E-state index in [-0.39, 0.29) is 11.9 Å². The minimum atomic E-state index is -0.0353. The van der Waals surface area contributed by atoms with Crippen molar-refractivity contribution in [2.45, 2.75) is 19.1 Å². The van der Waals surface area contributed by atoms with E-state index < -0.39 is 0 Å². The van der Waals surface area contributed by atoms with E-state index in [1.807, 2.05) is 4.90 Å². The Kier molecular flexibility index (Phi) is 4.82. The lowest BCUT2D eigenvalue weighted by Gasteiger charge is -2.43. The average molecular weight is 387 g/mol. The van der Waals surface area contributed by atoms with E-state index in [1.54, 1.807) is 18.4 Å². The molecule has 0 bridgehead atoms. The van der Waals surface area contributed by atoms with Crippen LogP contribution in [0.15, 0.2) is 77.4 Å². The van der Waals surface area contributed by atoms with E-state index in [2.05, 4.69) is 64.4 Å². The van der Waals surface area contributed by atoms with Gasteiger partial charge in [-0.3, -0.25) is 9.69 Å². The molecule has 5 rings (SSSR count). The number of furan rings is 1. The number of carbonyl (C=O) groups excluding carboxylic acids is 1. The van der Waals surface area contributed by atoms with Crippen molar-refractivity contribution in [3.05, 3.63) is 89.9 Å². The van der Waals surface area contributed by atoms with Crippen LogP contribution < -0.4 is 4.90 Å². The lowest BCUT2D eigenvalue weighted by molar-refractivity contribution is 0.0687. The van der Waals surface area contributed by atoms with Gasteiger partial charge in [0.1, 0.15) is 0 Å². The standard InChI is InChI=1S/C24H25N3O2/c28-24(23-11-6-14-29-23)26-16-20-9-4-5-10-22(20)27-13-12-25(17-21(27)18-26)15-19-7-2-1-3-8-19/h1-11,14,21H,12-13,15-18H2. The molecule has 2 aromatic carbocycles. The van der Waals surface area contributed by atoms with Crippen LogP contribution in [0.3, 0.4) is 0 Å². The molecule has 0 spiro atoms. The summed E-state index contributed by atoms with van der Waals surface area (Å²) in [4.78, 5) is 20.0. The number of nitrogens with zero attached hydrogens (tertiary/aromatic N) is 3. The molecule has 0 aliphatic carbocycles. The maximum absolute atomic E-state index is 13.1. The average Bonchev–Trinajstić information content (AvgIpc) is 3.24. The number of benzene rings is 2. The number of hydrogen-bond donors (Lipinski definition) is 0. The van der Waals surface area contributed by atoms with Gasteiger partial charge in [-0.25, -0.2) is 0 Å². The van der Waals surface area contributed by atoms with Gasteiger partial charge >= 0.3 is 0 Å². The zero-order valence-electron chi connectivity index (χ0n) is 16.4. The summed E-state index contributed by atoms with van der Waals surface area (Å²) in [6.45, 7) is 5.17. The maximum atomic E-state index is 13.1. The van der Waals surface area contributed by atoms with E-state index in [1.165, 1.54) is 16.8 Å². The van der Waals surface area contributed by atoms with Crippen molar-refractivity contribution in [1.29, 1.82) is 0 Å². The Morgan fingerprint density at radius 3 is 2.59 bits per heavy atom. The summed E-state index contributed by atoms with van der Waals surface area (Å²) >= 11 is 0. The fourth-order valence-corrected chi connectivity index (χ4v) is 4.54. The molecule has 1 unspecified atom stereocenters. The smallest absolute Gasteiger partial charge is 0.289 e. The predicted octanol–water partition coefficient (Wildman–Crippen LogP) is 3.63. The van der Waals surface area contributed by atoms with E-state index in [0.29, 0.717) is 18.8 Å². The van der Waals surface area contributed by atoms with Crippen molar-refractivity contribution >= 4 is 11.6 Å². The fraction of sp³-hybridized carbons (Fsp3) is 0.292. The highest BCUT2D eigenvalue weighted by Gasteiger charge is 2.34. The summed E-state index contributed by atoms with van der Waals surface area (Å²) < 4.78 is 5.40. The highest BCUT2D eigenvalue weighted by Crippen LogP contribution is 2.31. The molecule has 0 saturated carbocycles. The molecule has 0 N–H and O–H groups in total. The molecule has 1 saturated heterocycles. The first-order valence-electron chi connectivity index (χ1n) is 10.2. The topological polar surface area (TPSA) is 39.9 Å². The van der Waals surface area contributed by atoms with Gasteiger partial charge in [0.15, 0.2) is 5.76 Å². The van der Waals surface area contributed by atoms with Gasteiger partial charge in [-0.2, -0.15) is 0 Å². The molecular weight excluding hydrogens is 362 g/mol. The molecule has 2 aliphatic rings. The van der Waals surface area contributed by atoms with Crippen LogP contribution in [0.25, 0.3) is 0 Å². The Labute approximate surface area is 171 Å². The molecule has 1 atom stereocenters. The zero-order valence-corrected chi connectivity index (χ0v) is 16.4. The van der Waals surface area contributed by atoms with Gasteiger partial charge in [-0.05, 0) is 29.3 Å². The van der Waals surface area contributed by atoms with Crippen LogP contribution in [0.5, 0.6) is 0 Å². The Balaban J connectivity index is 1.41. The van der Waals surface area contributed by atoms with Crippen LogP contribution >= 0.6 is 0 Å². The van der Waals surface area contributed by atoms with Crippen LogP contribution in [-0.2, 0) is 13.1 Å². The third-order valence-corrected chi connectivity index (χ3v) is 5.93. The fourth-order valence-electron chi connectivity index (χ4n) is 4.54. The molecule has 2 aliphatic heterocycles. The Morgan fingerprint density at radius 1 is 0.931 bits per heavy atom. The summed E-state index contributed by atoms with van der Waals surface area (Å²) in [6, 6.07) is 22.9. The molecule has 3 aromatic rings. The van der Waals surface area contributed by atoms with Gasteiger partial charge in [0, 0.05) is 45.0 Å². The van der Waals surface area contributed by atoms with E-state index in [0.717, 1.165) is 26.2 Å². The normalized spacial score (nSPS) is 19.4. The van der Waals surface area contributed by atoms with Gasteiger partial charge in [-0.1, -0.05) is 48.5 Å². The molecular formula is C24H25N3O2. The summed E-state index contributed by atoms with van der Waals surface area (Å²) in [5.41, 5.74) is 3.79.